The van der Waals surface area contributed by atoms with Crippen molar-refractivity contribution >= 4 is 0 Å². The Kier molecular flexibility index (Phi) is 7.20. The second kappa shape index (κ2) is 7.24. The molecule has 1 unspecified atom stereocenters. The summed E-state index contributed by atoms with van der Waals surface area (Å²) in [5.74, 6) is 0.761. The van der Waals surface area contributed by atoms with Crippen molar-refractivity contribution in [2.75, 3.05) is 13.1 Å². The normalized spacial score (nSPS) is 14.6. The van der Waals surface area contributed by atoms with Crippen LogP contribution in [0.4, 0.5) is 0 Å². The van der Waals surface area contributed by atoms with Crippen LogP contribution in [0.2, 0.25) is 0 Å². The highest BCUT2D eigenvalue weighted by molar-refractivity contribution is 4.74. The summed E-state index contributed by atoms with van der Waals surface area (Å²) < 4.78 is 0. The van der Waals surface area contributed by atoms with Crippen molar-refractivity contribution in [2.45, 2.75) is 59.9 Å². The van der Waals surface area contributed by atoms with Crippen LogP contribution in [0, 0.1) is 11.3 Å². The average molecular weight is 214 g/mol. The van der Waals surface area contributed by atoms with Gasteiger partial charge in [-0.15, -0.1) is 0 Å². The largest absolute Gasteiger partial charge is 0.330 e. The van der Waals surface area contributed by atoms with E-state index in [2.05, 4.69) is 39.9 Å². The van der Waals surface area contributed by atoms with Crippen molar-refractivity contribution in [3.63, 3.8) is 0 Å². The molecule has 0 rings (SSSR count). The summed E-state index contributed by atoms with van der Waals surface area (Å²) in [6.45, 7) is 13.3. The van der Waals surface area contributed by atoms with Gasteiger partial charge < -0.3 is 11.1 Å². The quantitative estimate of drug-likeness (QED) is 0.640. The van der Waals surface area contributed by atoms with E-state index in [0.29, 0.717) is 11.5 Å². The van der Waals surface area contributed by atoms with E-state index in [1.807, 2.05) is 0 Å². The van der Waals surface area contributed by atoms with E-state index in [9.17, 15) is 0 Å². The van der Waals surface area contributed by atoms with Crippen molar-refractivity contribution < 1.29 is 0 Å². The van der Waals surface area contributed by atoms with Gasteiger partial charge in [-0.1, -0.05) is 34.6 Å². The zero-order valence-corrected chi connectivity index (χ0v) is 11.3. The highest BCUT2D eigenvalue weighted by atomic mass is 14.9. The molecule has 0 aliphatic carbocycles. The summed E-state index contributed by atoms with van der Waals surface area (Å²) in [4.78, 5) is 0. The average Bonchev–Trinajstić information content (AvgIpc) is 2.08. The van der Waals surface area contributed by atoms with Gasteiger partial charge in [0.15, 0.2) is 0 Å². The van der Waals surface area contributed by atoms with E-state index >= 15 is 0 Å². The van der Waals surface area contributed by atoms with E-state index in [1.54, 1.807) is 0 Å². The fraction of sp³-hybridized carbons (Fsp3) is 1.00. The second-order valence-corrected chi connectivity index (χ2v) is 5.89. The van der Waals surface area contributed by atoms with Crippen LogP contribution in [0.15, 0.2) is 0 Å². The minimum absolute atomic E-state index is 0.400. The number of rotatable bonds is 7. The zero-order valence-electron chi connectivity index (χ0n) is 11.3. The third kappa shape index (κ3) is 7.80. The maximum absolute atomic E-state index is 5.66. The van der Waals surface area contributed by atoms with Crippen molar-refractivity contribution in [3.8, 4) is 0 Å². The Labute approximate surface area is 96.0 Å². The molecule has 15 heavy (non-hydrogen) atoms. The molecule has 0 amide bonds. The molecular formula is C13H30N2. The van der Waals surface area contributed by atoms with Gasteiger partial charge in [-0.05, 0) is 43.7 Å². The molecular weight excluding hydrogens is 184 g/mol. The summed E-state index contributed by atoms with van der Waals surface area (Å²) in [6.07, 6.45) is 3.71. The van der Waals surface area contributed by atoms with Crippen LogP contribution >= 0.6 is 0 Å². The number of nitrogens with one attached hydrogen (secondary N) is 1. The predicted octanol–water partition coefficient (Wildman–Crippen LogP) is 2.78. The van der Waals surface area contributed by atoms with Crippen LogP contribution < -0.4 is 11.1 Å². The van der Waals surface area contributed by atoms with Gasteiger partial charge in [0.25, 0.3) is 0 Å². The Bertz CT molecular complexity index is 147. The molecule has 0 saturated heterocycles. The van der Waals surface area contributed by atoms with Crippen LogP contribution in [-0.2, 0) is 0 Å². The first-order valence-electron chi connectivity index (χ1n) is 6.31. The van der Waals surface area contributed by atoms with Crippen molar-refractivity contribution in [3.05, 3.63) is 0 Å². The van der Waals surface area contributed by atoms with Crippen LogP contribution in [0.1, 0.15) is 53.9 Å². The zero-order chi connectivity index (χ0) is 11.9. The molecule has 0 aromatic heterocycles. The van der Waals surface area contributed by atoms with Crippen molar-refractivity contribution in [2.24, 2.45) is 17.1 Å². The maximum Gasteiger partial charge on any atom is 0.00103 e. The molecule has 2 nitrogen and oxygen atoms in total. The Morgan fingerprint density at radius 1 is 1.13 bits per heavy atom. The molecule has 0 radical (unpaired) electrons. The Morgan fingerprint density at radius 2 is 1.73 bits per heavy atom. The molecule has 0 fully saturated rings. The van der Waals surface area contributed by atoms with Gasteiger partial charge in [0, 0.05) is 6.04 Å². The molecule has 0 aromatic rings. The topological polar surface area (TPSA) is 38.0 Å². The lowest BCUT2D eigenvalue weighted by atomic mass is 9.76. The van der Waals surface area contributed by atoms with E-state index < -0.39 is 0 Å². The highest BCUT2D eigenvalue weighted by Gasteiger charge is 2.22. The summed E-state index contributed by atoms with van der Waals surface area (Å²) in [5.41, 5.74) is 6.06. The first-order chi connectivity index (χ1) is 6.88. The minimum atomic E-state index is 0.400. The third-order valence-electron chi connectivity index (χ3n) is 3.02. The third-order valence-corrected chi connectivity index (χ3v) is 3.02. The molecule has 0 saturated carbocycles. The van der Waals surface area contributed by atoms with Crippen LogP contribution in [0.25, 0.3) is 0 Å². The smallest absolute Gasteiger partial charge is 0.00103 e. The lowest BCUT2D eigenvalue weighted by Gasteiger charge is -2.30. The van der Waals surface area contributed by atoms with Gasteiger partial charge in [0.05, 0.1) is 0 Å². The van der Waals surface area contributed by atoms with Gasteiger partial charge >= 0.3 is 0 Å². The second-order valence-electron chi connectivity index (χ2n) is 5.89. The molecule has 1 atom stereocenters. The SMILES string of the molecule is CC(C)NCCCC(CCN)C(C)(C)C. The number of hydrogen-bond donors (Lipinski definition) is 2. The minimum Gasteiger partial charge on any atom is -0.330 e. The van der Waals surface area contributed by atoms with Gasteiger partial charge in [0.1, 0.15) is 0 Å². The Balaban J connectivity index is 3.77. The fourth-order valence-electron chi connectivity index (χ4n) is 1.95. The lowest BCUT2D eigenvalue weighted by Crippen LogP contribution is -2.27. The highest BCUT2D eigenvalue weighted by Crippen LogP contribution is 2.31. The lowest BCUT2D eigenvalue weighted by molar-refractivity contribution is 0.210. The summed E-state index contributed by atoms with van der Waals surface area (Å²) >= 11 is 0. The van der Waals surface area contributed by atoms with Gasteiger partial charge in [-0.2, -0.15) is 0 Å². The van der Waals surface area contributed by atoms with E-state index in [4.69, 9.17) is 5.73 Å². The Morgan fingerprint density at radius 3 is 2.13 bits per heavy atom. The molecule has 3 N–H and O–H groups in total. The van der Waals surface area contributed by atoms with E-state index in [-0.39, 0.29) is 0 Å². The predicted molar refractivity (Wildman–Crippen MR) is 69.0 cm³/mol. The molecule has 92 valence electrons. The van der Waals surface area contributed by atoms with Crippen molar-refractivity contribution in [1.82, 2.24) is 5.32 Å². The van der Waals surface area contributed by atoms with Crippen molar-refractivity contribution in [1.29, 1.82) is 0 Å². The molecule has 0 heterocycles. The summed E-state index contributed by atoms with van der Waals surface area (Å²) in [6, 6.07) is 0.604. The Hall–Kier alpha value is -0.0800. The molecule has 0 aliphatic rings. The maximum atomic E-state index is 5.66. The number of nitrogens with two attached hydrogens (primary N) is 1. The van der Waals surface area contributed by atoms with Crippen LogP contribution in [0.5, 0.6) is 0 Å². The van der Waals surface area contributed by atoms with Gasteiger partial charge in [-0.25, -0.2) is 0 Å². The van der Waals surface area contributed by atoms with Gasteiger partial charge in [-0.3, -0.25) is 0 Å². The summed E-state index contributed by atoms with van der Waals surface area (Å²) in [5, 5.41) is 3.46. The van der Waals surface area contributed by atoms with Crippen LogP contribution in [-0.4, -0.2) is 19.1 Å². The first kappa shape index (κ1) is 14.9. The standard InChI is InChI=1S/C13H30N2/c1-11(2)15-10-6-7-12(8-9-14)13(3,4)5/h11-12,15H,6-10,14H2,1-5H3. The van der Waals surface area contributed by atoms with Gasteiger partial charge in [0.2, 0.25) is 0 Å². The fourth-order valence-corrected chi connectivity index (χ4v) is 1.95. The van der Waals surface area contributed by atoms with Crippen LogP contribution in [0.3, 0.4) is 0 Å². The molecule has 2 heteroatoms. The molecule has 0 spiro atoms. The van der Waals surface area contributed by atoms with E-state index in [0.717, 1.165) is 25.4 Å². The summed E-state index contributed by atoms with van der Waals surface area (Å²) in [7, 11) is 0. The molecule has 0 bridgehead atoms. The number of hydrogen-bond acceptors (Lipinski definition) is 2. The van der Waals surface area contributed by atoms with E-state index in [1.165, 1.54) is 12.8 Å². The first-order valence-corrected chi connectivity index (χ1v) is 6.31. The monoisotopic (exact) mass is 214 g/mol. The molecule has 0 aliphatic heterocycles. The molecule has 0 aromatic carbocycles.